The molecule has 1 aliphatic carbocycles. The first-order valence-corrected chi connectivity index (χ1v) is 8.38. The molecule has 0 aromatic heterocycles. The van der Waals surface area contributed by atoms with Crippen LogP contribution in [0.4, 0.5) is 0 Å². The Morgan fingerprint density at radius 2 is 2.00 bits per heavy atom. The van der Waals surface area contributed by atoms with Crippen LogP contribution < -0.4 is 14.8 Å². The highest BCUT2D eigenvalue weighted by Crippen LogP contribution is 2.36. The summed E-state index contributed by atoms with van der Waals surface area (Å²) in [6, 6.07) is 3.81. The molecule has 4 nitrogen and oxygen atoms in total. The van der Waals surface area contributed by atoms with Crippen molar-refractivity contribution in [3.05, 3.63) is 22.7 Å². The molecule has 0 atom stereocenters. The largest absolute Gasteiger partial charge is 0.491 e. The molecule has 0 spiro atoms. The van der Waals surface area contributed by atoms with E-state index < -0.39 is 5.60 Å². The van der Waals surface area contributed by atoms with Crippen molar-refractivity contribution >= 4 is 11.6 Å². The molecule has 2 rings (SSSR count). The van der Waals surface area contributed by atoms with Crippen molar-refractivity contribution in [1.29, 1.82) is 0 Å². The molecule has 0 saturated heterocycles. The van der Waals surface area contributed by atoms with Gasteiger partial charge in [-0.3, -0.25) is 0 Å². The molecule has 2 N–H and O–H groups in total. The number of halogens is 1. The van der Waals surface area contributed by atoms with E-state index >= 15 is 0 Å². The van der Waals surface area contributed by atoms with Crippen LogP contribution in [0, 0.1) is 0 Å². The summed E-state index contributed by atoms with van der Waals surface area (Å²) >= 11 is 6.24. The molecule has 22 heavy (non-hydrogen) atoms. The molecule has 5 heteroatoms. The zero-order valence-electron chi connectivity index (χ0n) is 13.5. The number of aliphatic hydroxyl groups is 1. The first-order chi connectivity index (χ1) is 10.6. The normalized spacial score (nSPS) is 17.3. The van der Waals surface area contributed by atoms with Gasteiger partial charge in [-0.25, -0.2) is 0 Å². The van der Waals surface area contributed by atoms with Crippen LogP contribution in [-0.2, 0) is 6.54 Å². The minimum absolute atomic E-state index is 0.543. The lowest BCUT2D eigenvalue weighted by Crippen LogP contribution is -2.41. The van der Waals surface area contributed by atoms with Gasteiger partial charge in [0.1, 0.15) is 0 Å². The third kappa shape index (κ3) is 4.51. The van der Waals surface area contributed by atoms with Gasteiger partial charge in [0.05, 0.1) is 24.3 Å². The second kappa shape index (κ2) is 8.04. The second-order valence-electron chi connectivity index (χ2n) is 5.93. The molecule has 1 fully saturated rings. The molecule has 1 aromatic carbocycles. The Morgan fingerprint density at radius 1 is 1.27 bits per heavy atom. The first kappa shape index (κ1) is 17.4. The Bertz CT molecular complexity index is 487. The van der Waals surface area contributed by atoms with E-state index in [1.807, 2.05) is 19.1 Å². The topological polar surface area (TPSA) is 50.7 Å². The molecule has 0 heterocycles. The van der Waals surface area contributed by atoms with E-state index in [-0.39, 0.29) is 0 Å². The summed E-state index contributed by atoms with van der Waals surface area (Å²) in [7, 11) is 1.58. The van der Waals surface area contributed by atoms with Gasteiger partial charge in [0.15, 0.2) is 11.5 Å². The minimum Gasteiger partial charge on any atom is -0.491 e. The summed E-state index contributed by atoms with van der Waals surface area (Å²) in [4.78, 5) is 0. The van der Waals surface area contributed by atoms with Crippen LogP contribution >= 0.6 is 11.6 Å². The lowest BCUT2D eigenvalue weighted by atomic mass is 9.85. The van der Waals surface area contributed by atoms with E-state index in [1.54, 1.807) is 7.11 Å². The summed E-state index contributed by atoms with van der Waals surface area (Å²) in [5.74, 6) is 1.23. The van der Waals surface area contributed by atoms with Crippen LogP contribution in [0.2, 0.25) is 5.02 Å². The van der Waals surface area contributed by atoms with Gasteiger partial charge in [0.25, 0.3) is 0 Å². The predicted molar refractivity (Wildman–Crippen MR) is 88.9 cm³/mol. The molecule has 0 unspecified atom stereocenters. The molecule has 124 valence electrons. The number of rotatable bonds is 7. The van der Waals surface area contributed by atoms with Crippen molar-refractivity contribution in [2.75, 3.05) is 20.3 Å². The highest BCUT2D eigenvalue weighted by atomic mass is 35.5. The van der Waals surface area contributed by atoms with Crippen LogP contribution in [0.15, 0.2) is 12.1 Å². The number of ether oxygens (including phenoxy) is 2. The highest BCUT2D eigenvalue weighted by molar-refractivity contribution is 6.32. The Balaban J connectivity index is 1.97. The standard InChI is InChI=1S/C17H26ClNO3/c1-3-22-15-10-13(9-14(18)16(15)21-2)11-19-12-17(20)7-5-4-6-8-17/h9-10,19-20H,3-8,11-12H2,1-2H3. The fourth-order valence-corrected chi connectivity index (χ4v) is 3.32. The fourth-order valence-electron chi connectivity index (χ4n) is 3.01. The lowest BCUT2D eigenvalue weighted by Gasteiger charge is -2.32. The average molecular weight is 328 g/mol. The summed E-state index contributed by atoms with van der Waals surface area (Å²) in [5.41, 5.74) is 0.464. The third-order valence-electron chi connectivity index (χ3n) is 4.14. The Kier molecular flexibility index (Phi) is 6.36. The van der Waals surface area contributed by atoms with Crippen molar-refractivity contribution in [2.24, 2.45) is 0 Å². The third-order valence-corrected chi connectivity index (χ3v) is 4.42. The van der Waals surface area contributed by atoms with Gasteiger partial charge in [-0.15, -0.1) is 0 Å². The average Bonchev–Trinajstić information content (AvgIpc) is 2.48. The summed E-state index contributed by atoms with van der Waals surface area (Å²) in [6.45, 7) is 3.74. The van der Waals surface area contributed by atoms with Crippen molar-refractivity contribution in [3.63, 3.8) is 0 Å². The summed E-state index contributed by atoms with van der Waals surface area (Å²) in [6.07, 6.45) is 5.22. The van der Waals surface area contributed by atoms with Crippen LogP contribution in [0.3, 0.4) is 0 Å². The molecule has 1 aromatic rings. The van der Waals surface area contributed by atoms with E-state index in [0.29, 0.717) is 36.2 Å². The van der Waals surface area contributed by atoms with Crippen molar-refractivity contribution in [2.45, 2.75) is 51.2 Å². The molecule has 1 saturated carbocycles. The molecule has 1 aliphatic rings. The van der Waals surface area contributed by atoms with Crippen LogP contribution in [0.5, 0.6) is 11.5 Å². The van der Waals surface area contributed by atoms with E-state index in [1.165, 1.54) is 6.42 Å². The minimum atomic E-state index is -0.558. The molecule has 0 aliphatic heterocycles. The van der Waals surface area contributed by atoms with Gasteiger partial charge in [-0.05, 0) is 37.5 Å². The molecular formula is C17H26ClNO3. The lowest BCUT2D eigenvalue weighted by molar-refractivity contribution is 0.00467. The van der Waals surface area contributed by atoms with E-state index in [9.17, 15) is 5.11 Å². The molecular weight excluding hydrogens is 302 g/mol. The predicted octanol–water partition coefficient (Wildman–Crippen LogP) is 3.53. The van der Waals surface area contributed by atoms with Gasteiger partial charge < -0.3 is 19.9 Å². The molecule has 0 bridgehead atoms. The first-order valence-electron chi connectivity index (χ1n) is 8.00. The van der Waals surface area contributed by atoms with Crippen molar-refractivity contribution in [3.8, 4) is 11.5 Å². The second-order valence-corrected chi connectivity index (χ2v) is 6.34. The van der Waals surface area contributed by atoms with Gasteiger partial charge >= 0.3 is 0 Å². The Hall–Kier alpha value is -0.970. The molecule has 0 radical (unpaired) electrons. The van der Waals surface area contributed by atoms with E-state index in [0.717, 1.165) is 31.2 Å². The maximum absolute atomic E-state index is 10.5. The van der Waals surface area contributed by atoms with Gasteiger partial charge in [-0.2, -0.15) is 0 Å². The van der Waals surface area contributed by atoms with Gasteiger partial charge in [-0.1, -0.05) is 30.9 Å². The smallest absolute Gasteiger partial charge is 0.179 e. The zero-order chi connectivity index (χ0) is 16.0. The number of benzene rings is 1. The van der Waals surface area contributed by atoms with Crippen LogP contribution in [0.1, 0.15) is 44.6 Å². The van der Waals surface area contributed by atoms with Crippen molar-refractivity contribution < 1.29 is 14.6 Å². The SMILES string of the molecule is CCOc1cc(CNCC2(O)CCCCC2)cc(Cl)c1OC. The van der Waals surface area contributed by atoms with Gasteiger partial charge in [0, 0.05) is 13.1 Å². The summed E-state index contributed by atoms with van der Waals surface area (Å²) in [5, 5.41) is 14.4. The Morgan fingerprint density at radius 3 is 2.64 bits per heavy atom. The summed E-state index contributed by atoms with van der Waals surface area (Å²) < 4.78 is 10.9. The highest BCUT2D eigenvalue weighted by Gasteiger charge is 2.28. The van der Waals surface area contributed by atoms with Crippen LogP contribution in [0.25, 0.3) is 0 Å². The molecule has 0 amide bonds. The number of nitrogens with one attached hydrogen (secondary N) is 1. The monoisotopic (exact) mass is 327 g/mol. The number of hydrogen-bond acceptors (Lipinski definition) is 4. The Labute approximate surface area is 137 Å². The maximum atomic E-state index is 10.5. The van der Waals surface area contributed by atoms with Crippen LogP contribution in [-0.4, -0.2) is 31.0 Å². The maximum Gasteiger partial charge on any atom is 0.179 e. The van der Waals surface area contributed by atoms with Gasteiger partial charge in [0.2, 0.25) is 0 Å². The van der Waals surface area contributed by atoms with Crippen molar-refractivity contribution in [1.82, 2.24) is 5.32 Å². The fraction of sp³-hybridized carbons (Fsp3) is 0.647. The number of methoxy groups -OCH3 is 1. The van der Waals surface area contributed by atoms with E-state index in [2.05, 4.69) is 5.32 Å². The van der Waals surface area contributed by atoms with E-state index in [4.69, 9.17) is 21.1 Å². The quantitative estimate of drug-likeness (QED) is 0.804. The zero-order valence-corrected chi connectivity index (χ0v) is 14.2. The number of hydrogen-bond donors (Lipinski definition) is 2.